The summed E-state index contributed by atoms with van der Waals surface area (Å²) in [6, 6.07) is 1.25. The number of hydrogen-bond acceptors (Lipinski definition) is 4. The molecule has 0 spiro atoms. The number of carbonyl (C=O) groups is 2. The van der Waals surface area contributed by atoms with E-state index in [9.17, 15) is 9.59 Å². The molecule has 1 aliphatic rings. The number of hydrogen-bond donors (Lipinski definition) is 1. The van der Waals surface area contributed by atoms with E-state index in [0.717, 1.165) is 0 Å². The van der Waals surface area contributed by atoms with Gasteiger partial charge in [0, 0.05) is 6.07 Å². The van der Waals surface area contributed by atoms with Crippen molar-refractivity contribution in [2.75, 3.05) is 0 Å². The van der Waals surface area contributed by atoms with Gasteiger partial charge >= 0.3 is 0 Å². The molecule has 0 radical (unpaired) electrons. The van der Waals surface area contributed by atoms with Gasteiger partial charge in [0.15, 0.2) is 5.76 Å². The maximum Gasteiger partial charge on any atom is 0.248 e. The summed E-state index contributed by atoms with van der Waals surface area (Å²) in [6.07, 6.45) is 2.09. The van der Waals surface area contributed by atoms with Gasteiger partial charge in [0.25, 0.3) is 0 Å². The minimum absolute atomic E-state index is 0.106. The molecule has 2 amide bonds. The van der Waals surface area contributed by atoms with Gasteiger partial charge in [-0.25, -0.2) is 0 Å². The lowest BCUT2D eigenvalue weighted by Crippen LogP contribution is -2.67. The van der Waals surface area contributed by atoms with Gasteiger partial charge in [-0.2, -0.15) is 0 Å². The van der Waals surface area contributed by atoms with Gasteiger partial charge in [-0.1, -0.05) is 12.1 Å². The first-order valence-electron chi connectivity index (χ1n) is 5.98. The van der Waals surface area contributed by atoms with Crippen LogP contribution >= 0.6 is 0 Å². The predicted octanol–water partition coefficient (Wildman–Crippen LogP) is 0.690. The van der Waals surface area contributed by atoms with Crippen molar-refractivity contribution in [3.05, 3.63) is 18.0 Å². The predicted molar refractivity (Wildman–Crippen MR) is 63.4 cm³/mol. The molecule has 0 aromatic carbocycles. The largest absolute Gasteiger partial charge is 0.360 e. The molecule has 0 bridgehead atoms. The van der Waals surface area contributed by atoms with E-state index in [1.165, 1.54) is 6.20 Å². The second-order valence-electron chi connectivity index (χ2n) is 4.95. The van der Waals surface area contributed by atoms with E-state index in [-0.39, 0.29) is 18.4 Å². The van der Waals surface area contributed by atoms with Crippen LogP contribution in [-0.4, -0.2) is 33.5 Å². The van der Waals surface area contributed by atoms with Crippen molar-refractivity contribution in [2.24, 2.45) is 0 Å². The van der Waals surface area contributed by atoms with Crippen LogP contribution in [0.5, 0.6) is 0 Å². The number of rotatable bonds is 3. The van der Waals surface area contributed by atoms with Crippen LogP contribution < -0.4 is 5.32 Å². The second kappa shape index (κ2) is 4.44. The Balaban J connectivity index is 2.27. The maximum atomic E-state index is 12.3. The van der Waals surface area contributed by atoms with Gasteiger partial charge < -0.3 is 14.7 Å². The molecule has 6 nitrogen and oxygen atoms in total. The lowest BCUT2D eigenvalue weighted by Gasteiger charge is -2.42. The maximum absolute atomic E-state index is 12.3. The molecule has 0 saturated carbocycles. The van der Waals surface area contributed by atoms with Crippen LogP contribution in [0.15, 0.2) is 16.8 Å². The van der Waals surface area contributed by atoms with Crippen molar-refractivity contribution in [3.8, 4) is 0 Å². The van der Waals surface area contributed by atoms with Crippen molar-refractivity contribution in [3.63, 3.8) is 0 Å². The van der Waals surface area contributed by atoms with Gasteiger partial charge in [-0.05, 0) is 20.3 Å². The summed E-state index contributed by atoms with van der Waals surface area (Å²) in [5, 5.41) is 6.35. The highest BCUT2D eigenvalue weighted by molar-refractivity contribution is 5.99. The lowest BCUT2D eigenvalue weighted by molar-refractivity contribution is -0.154. The summed E-state index contributed by atoms with van der Waals surface area (Å²) < 4.78 is 5.01. The fraction of sp³-hybridized carbons (Fsp3) is 0.583. The van der Waals surface area contributed by atoms with Crippen LogP contribution in [0.4, 0.5) is 0 Å². The van der Waals surface area contributed by atoms with Crippen LogP contribution in [0.2, 0.25) is 0 Å². The average molecular weight is 251 g/mol. The molecule has 1 aromatic heterocycles. The quantitative estimate of drug-likeness (QED) is 0.857. The topological polar surface area (TPSA) is 75.4 Å². The van der Waals surface area contributed by atoms with E-state index in [1.54, 1.807) is 24.8 Å². The van der Waals surface area contributed by atoms with Gasteiger partial charge in [0.05, 0.1) is 12.7 Å². The fourth-order valence-electron chi connectivity index (χ4n) is 2.17. The van der Waals surface area contributed by atoms with Crippen LogP contribution in [0.25, 0.3) is 0 Å². The minimum atomic E-state index is -0.872. The van der Waals surface area contributed by atoms with Crippen molar-refractivity contribution < 1.29 is 14.1 Å². The van der Waals surface area contributed by atoms with E-state index in [1.807, 2.05) is 6.92 Å². The van der Waals surface area contributed by atoms with E-state index in [4.69, 9.17) is 4.52 Å². The summed E-state index contributed by atoms with van der Waals surface area (Å²) in [7, 11) is 0. The number of nitrogens with zero attached hydrogens (tertiary/aromatic N) is 2. The molecule has 1 unspecified atom stereocenters. The monoisotopic (exact) mass is 251 g/mol. The molecule has 1 aliphatic heterocycles. The second-order valence-corrected chi connectivity index (χ2v) is 4.95. The summed E-state index contributed by atoms with van der Waals surface area (Å²) in [6.45, 7) is 5.55. The highest BCUT2D eigenvalue weighted by atomic mass is 16.5. The SMILES string of the molecule is CCC1C(=O)NC(C)(C)C(=O)N1Cc1ccno1. The number of carbonyl (C=O) groups excluding carboxylic acids is 2. The summed E-state index contributed by atoms with van der Waals surface area (Å²) >= 11 is 0. The standard InChI is InChI=1S/C12H17N3O3/c1-4-9-10(16)14-12(2,3)11(17)15(9)7-8-5-6-13-18-8/h5-6,9H,4,7H2,1-3H3,(H,14,16). The molecule has 6 heteroatoms. The Hall–Kier alpha value is -1.85. The summed E-state index contributed by atoms with van der Waals surface area (Å²) in [5.74, 6) is 0.347. The number of piperazine rings is 1. The van der Waals surface area contributed by atoms with Crippen LogP contribution in [0.1, 0.15) is 33.0 Å². The first-order valence-corrected chi connectivity index (χ1v) is 5.98. The van der Waals surface area contributed by atoms with E-state index in [2.05, 4.69) is 10.5 Å². The Morgan fingerprint density at radius 3 is 2.78 bits per heavy atom. The Morgan fingerprint density at radius 1 is 1.50 bits per heavy atom. The number of amides is 2. The van der Waals surface area contributed by atoms with Gasteiger partial charge in [0.1, 0.15) is 11.6 Å². The normalized spacial score (nSPS) is 23.1. The molecule has 1 saturated heterocycles. The lowest BCUT2D eigenvalue weighted by atomic mass is 9.95. The van der Waals surface area contributed by atoms with Crippen LogP contribution in [-0.2, 0) is 16.1 Å². The van der Waals surface area contributed by atoms with Crippen LogP contribution in [0.3, 0.4) is 0 Å². The average Bonchev–Trinajstić information content (AvgIpc) is 2.78. The van der Waals surface area contributed by atoms with Gasteiger partial charge in [-0.15, -0.1) is 0 Å². The zero-order valence-electron chi connectivity index (χ0n) is 10.8. The fourth-order valence-corrected chi connectivity index (χ4v) is 2.17. The Labute approximate surface area is 105 Å². The zero-order valence-corrected chi connectivity index (χ0v) is 10.8. The first-order chi connectivity index (χ1) is 8.45. The van der Waals surface area contributed by atoms with E-state index >= 15 is 0 Å². The van der Waals surface area contributed by atoms with Crippen LogP contribution in [0, 0.1) is 0 Å². The number of aromatic nitrogens is 1. The number of nitrogens with one attached hydrogen (secondary N) is 1. The Kier molecular flexibility index (Phi) is 3.11. The van der Waals surface area contributed by atoms with Crippen molar-refractivity contribution in [2.45, 2.75) is 45.3 Å². The zero-order chi connectivity index (χ0) is 13.3. The minimum Gasteiger partial charge on any atom is -0.360 e. The molecule has 1 aromatic rings. The highest BCUT2D eigenvalue weighted by Crippen LogP contribution is 2.22. The van der Waals surface area contributed by atoms with Crippen molar-refractivity contribution in [1.29, 1.82) is 0 Å². The summed E-state index contributed by atoms with van der Waals surface area (Å²) in [5.41, 5.74) is -0.872. The molecular formula is C12H17N3O3. The third-order valence-electron chi connectivity index (χ3n) is 3.11. The smallest absolute Gasteiger partial charge is 0.248 e. The summed E-state index contributed by atoms with van der Waals surface area (Å²) in [4.78, 5) is 25.9. The molecule has 98 valence electrons. The Bertz CT molecular complexity index is 453. The molecule has 0 aliphatic carbocycles. The third-order valence-corrected chi connectivity index (χ3v) is 3.11. The van der Waals surface area contributed by atoms with E-state index in [0.29, 0.717) is 12.2 Å². The molecule has 18 heavy (non-hydrogen) atoms. The third kappa shape index (κ3) is 2.10. The van der Waals surface area contributed by atoms with E-state index < -0.39 is 11.6 Å². The molecule has 2 rings (SSSR count). The van der Waals surface area contributed by atoms with Gasteiger partial charge in [0.2, 0.25) is 11.8 Å². The molecule has 2 heterocycles. The first kappa shape index (κ1) is 12.6. The van der Waals surface area contributed by atoms with Crippen molar-refractivity contribution >= 4 is 11.8 Å². The Morgan fingerprint density at radius 2 is 2.22 bits per heavy atom. The van der Waals surface area contributed by atoms with Crippen molar-refractivity contribution in [1.82, 2.24) is 15.4 Å². The molecule has 1 N–H and O–H groups in total. The highest BCUT2D eigenvalue weighted by Gasteiger charge is 2.44. The molecule has 1 atom stereocenters. The molecular weight excluding hydrogens is 234 g/mol. The molecule has 1 fully saturated rings. The van der Waals surface area contributed by atoms with Gasteiger partial charge in [-0.3, -0.25) is 9.59 Å².